The first-order valence-corrected chi connectivity index (χ1v) is 9.86. The Labute approximate surface area is 149 Å². The molecule has 1 aliphatic carbocycles. The maximum Gasteiger partial charge on any atom is 0.251 e. The van der Waals surface area contributed by atoms with Gasteiger partial charge in [-0.2, -0.15) is 0 Å². The second-order valence-electron chi connectivity index (χ2n) is 6.44. The minimum atomic E-state index is -3.28. The summed E-state index contributed by atoms with van der Waals surface area (Å²) in [6, 6.07) is 5.27. The van der Waals surface area contributed by atoms with E-state index in [-0.39, 0.29) is 24.4 Å². The number of aryl methyl sites for hydroxylation is 1. The standard InChI is InChI=1S/C16H23N3O3S.ClH/c1-23(21,22)19-8-2-3-12-9-13(6-7-15(12)19)16(20)18-14(10-17)11-4-5-11;/h6-7,9,11,14H,2-5,8,10,17H2,1H3,(H,18,20);1H. The first kappa shape index (κ1) is 19.0. The topological polar surface area (TPSA) is 92.5 Å². The second kappa shape index (κ2) is 7.29. The molecule has 3 rings (SSSR count). The number of nitrogens with two attached hydrogens (primary N) is 1. The fraction of sp³-hybridized carbons (Fsp3) is 0.562. The molecule has 0 bridgehead atoms. The number of anilines is 1. The average Bonchev–Trinajstić information content (AvgIpc) is 3.35. The van der Waals surface area contributed by atoms with Crippen molar-refractivity contribution >= 4 is 34.0 Å². The lowest BCUT2D eigenvalue weighted by molar-refractivity contribution is 0.0933. The average molecular weight is 374 g/mol. The van der Waals surface area contributed by atoms with Gasteiger partial charge in [-0.05, 0) is 55.4 Å². The molecule has 3 N–H and O–H groups in total. The van der Waals surface area contributed by atoms with Crippen LogP contribution in [-0.4, -0.2) is 39.7 Å². The van der Waals surface area contributed by atoms with Crippen molar-refractivity contribution in [3.05, 3.63) is 29.3 Å². The smallest absolute Gasteiger partial charge is 0.251 e. The summed E-state index contributed by atoms with van der Waals surface area (Å²) in [5.41, 5.74) is 7.89. The molecule has 0 aromatic heterocycles. The minimum absolute atomic E-state index is 0. The van der Waals surface area contributed by atoms with Gasteiger partial charge in [-0.1, -0.05) is 0 Å². The fourth-order valence-electron chi connectivity index (χ4n) is 3.17. The van der Waals surface area contributed by atoms with Crippen molar-refractivity contribution in [2.45, 2.75) is 31.7 Å². The predicted octanol–water partition coefficient (Wildman–Crippen LogP) is 1.29. The molecule has 0 spiro atoms. The lowest BCUT2D eigenvalue weighted by atomic mass is 10.00. The van der Waals surface area contributed by atoms with Crippen molar-refractivity contribution in [3.63, 3.8) is 0 Å². The number of nitrogens with one attached hydrogen (secondary N) is 1. The van der Waals surface area contributed by atoms with E-state index >= 15 is 0 Å². The van der Waals surface area contributed by atoms with Crippen LogP contribution in [0, 0.1) is 5.92 Å². The number of rotatable bonds is 5. The molecule has 1 aromatic carbocycles. The summed E-state index contributed by atoms with van der Waals surface area (Å²) in [6.07, 6.45) is 5.00. The molecule has 24 heavy (non-hydrogen) atoms. The van der Waals surface area contributed by atoms with Crippen LogP contribution in [0.1, 0.15) is 35.2 Å². The number of halogens is 1. The van der Waals surface area contributed by atoms with Gasteiger partial charge in [0.2, 0.25) is 10.0 Å². The molecule has 1 aliphatic heterocycles. The molecule has 0 radical (unpaired) electrons. The highest BCUT2D eigenvalue weighted by Gasteiger charge is 2.31. The normalized spacial score (nSPS) is 18.3. The van der Waals surface area contributed by atoms with E-state index in [9.17, 15) is 13.2 Å². The molecule has 1 heterocycles. The Hall–Kier alpha value is -1.31. The molecule has 134 valence electrons. The van der Waals surface area contributed by atoms with Gasteiger partial charge in [0, 0.05) is 24.7 Å². The Kier molecular flexibility index (Phi) is 5.78. The third-order valence-electron chi connectivity index (χ3n) is 4.58. The first-order valence-electron chi connectivity index (χ1n) is 8.01. The summed E-state index contributed by atoms with van der Waals surface area (Å²) in [7, 11) is -3.28. The number of fused-ring (bicyclic) bond motifs is 1. The largest absolute Gasteiger partial charge is 0.348 e. The van der Waals surface area contributed by atoms with E-state index in [0.29, 0.717) is 30.3 Å². The zero-order valence-electron chi connectivity index (χ0n) is 13.7. The Morgan fingerprint density at radius 1 is 1.42 bits per heavy atom. The summed E-state index contributed by atoms with van der Waals surface area (Å²) in [4.78, 5) is 12.4. The zero-order valence-corrected chi connectivity index (χ0v) is 15.3. The molecule has 2 aliphatic rings. The minimum Gasteiger partial charge on any atom is -0.348 e. The molecule has 1 unspecified atom stereocenters. The molecule has 1 fully saturated rings. The maximum absolute atomic E-state index is 12.4. The van der Waals surface area contributed by atoms with E-state index in [0.717, 1.165) is 31.2 Å². The predicted molar refractivity (Wildman–Crippen MR) is 97.2 cm³/mol. The summed E-state index contributed by atoms with van der Waals surface area (Å²) in [5.74, 6) is 0.369. The number of amides is 1. The third kappa shape index (κ3) is 4.02. The quantitative estimate of drug-likeness (QED) is 0.813. The van der Waals surface area contributed by atoms with Crippen molar-refractivity contribution < 1.29 is 13.2 Å². The fourth-order valence-corrected chi connectivity index (χ4v) is 4.16. The lowest BCUT2D eigenvalue weighted by Gasteiger charge is -2.29. The van der Waals surface area contributed by atoms with Gasteiger partial charge in [-0.3, -0.25) is 9.10 Å². The Balaban J connectivity index is 0.00000208. The van der Waals surface area contributed by atoms with Crippen LogP contribution in [0.25, 0.3) is 0 Å². The van der Waals surface area contributed by atoms with E-state index in [4.69, 9.17) is 5.73 Å². The molecule has 1 saturated carbocycles. The van der Waals surface area contributed by atoms with Crippen molar-refractivity contribution in [1.29, 1.82) is 0 Å². The van der Waals surface area contributed by atoms with Gasteiger partial charge in [-0.25, -0.2) is 8.42 Å². The summed E-state index contributed by atoms with van der Waals surface area (Å²) >= 11 is 0. The number of hydrogen-bond donors (Lipinski definition) is 2. The van der Waals surface area contributed by atoms with Gasteiger partial charge < -0.3 is 11.1 Å². The van der Waals surface area contributed by atoms with Crippen LogP contribution in [0.4, 0.5) is 5.69 Å². The molecular formula is C16H24ClN3O3S. The third-order valence-corrected chi connectivity index (χ3v) is 5.76. The molecular weight excluding hydrogens is 350 g/mol. The summed E-state index contributed by atoms with van der Waals surface area (Å²) in [5, 5.41) is 3.00. The molecule has 8 heteroatoms. The number of nitrogens with zero attached hydrogens (tertiary/aromatic N) is 1. The molecule has 1 aromatic rings. The molecule has 0 saturated heterocycles. The van der Waals surface area contributed by atoms with E-state index in [2.05, 4.69) is 5.32 Å². The number of carbonyl (C=O) groups is 1. The van der Waals surface area contributed by atoms with Gasteiger partial charge in [0.1, 0.15) is 0 Å². The number of hydrogen-bond acceptors (Lipinski definition) is 4. The number of benzene rings is 1. The van der Waals surface area contributed by atoms with Crippen molar-refractivity contribution in [2.75, 3.05) is 23.7 Å². The van der Waals surface area contributed by atoms with Crippen LogP contribution in [0.5, 0.6) is 0 Å². The molecule has 1 atom stereocenters. The zero-order chi connectivity index (χ0) is 16.6. The van der Waals surface area contributed by atoms with Gasteiger partial charge in [-0.15, -0.1) is 12.4 Å². The highest BCUT2D eigenvalue weighted by molar-refractivity contribution is 7.92. The van der Waals surface area contributed by atoms with E-state index < -0.39 is 10.0 Å². The Morgan fingerprint density at radius 3 is 2.71 bits per heavy atom. The van der Waals surface area contributed by atoms with E-state index in [1.165, 1.54) is 10.6 Å². The van der Waals surface area contributed by atoms with Crippen molar-refractivity contribution in [1.82, 2.24) is 5.32 Å². The molecule has 6 nitrogen and oxygen atoms in total. The van der Waals surface area contributed by atoms with Crippen LogP contribution < -0.4 is 15.4 Å². The van der Waals surface area contributed by atoms with E-state index in [1.54, 1.807) is 12.1 Å². The van der Waals surface area contributed by atoms with Crippen LogP contribution in [0.3, 0.4) is 0 Å². The summed E-state index contributed by atoms with van der Waals surface area (Å²) < 4.78 is 25.2. The van der Waals surface area contributed by atoms with Crippen LogP contribution in [0.2, 0.25) is 0 Å². The number of carbonyl (C=O) groups excluding carboxylic acids is 1. The first-order chi connectivity index (χ1) is 10.9. The molecule has 1 amide bonds. The Bertz CT molecular complexity index is 719. The lowest BCUT2D eigenvalue weighted by Crippen LogP contribution is -2.41. The van der Waals surface area contributed by atoms with Crippen molar-refractivity contribution in [3.8, 4) is 0 Å². The maximum atomic E-state index is 12.4. The van der Waals surface area contributed by atoms with Gasteiger partial charge >= 0.3 is 0 Å². The monoisotopic (exact) mass is 373 g/mol. The number of sulfonamides is 1. The summed E-state index contributed by atoms with van der Waals surface area (Å²) in [6.45, 7) is 0.942. The van der Waals surface area contributed by atoms with Crippen LogP contribution in [-0.2, 0) is 16.4 Å². The highest BCUT2D eigenvalue weighted by Crippen LogP contribution is 2.33. The van der Waals surface area contributed by atoms with Crippen LogP contribution in [0.15, 0.2) is 18.2 Å². The second-order valence-corrected chi connectivity index (χ2v) is 8.34. The van der Waals surface area contributed by atoms with Gasteiger partial charge in [0.05, 0.1) is 11.9 Å². The Morgan fingerprint density at radius 2 is 2.12 bits per heavy atom. The highest BCUT2D eigenvalue weighted by atomic mass is 35.5. The van der Waals surface area contributed by atoms with Crippen molar-refractivity contribution in [2.24, 2.45) is 11.7 Å². The van der Waals surface area contributed by atoms with Crippen LogP contribution >= 0.6 is 12.4 Å². The SMILES string of the molecule is CS(=O)(=O)N1CCCc2cc(C(=O)NC(CN)C3CC3)ccc21.Cl. The van der Waals surface area contributed by atoms with Gasteiger partial charge in [0.25, 0.3) is 5.91 Å². The van der Waals surface area contributed by atoms with E-state index in [1.807, 2.05) is 6.07 Å². The van der Waals surface area contributed by atoms with Gasteiger partial charge in [0.15, 0.2) is 0 Å².